The molecule has 18 heavy (non-hydrogen) atoms. The molecule has 0 aliphatic carbocycles. The Balaban J connectivity index is 2.34. The average molecular weight is 251 g/mol. The van der Waals surface area contributed by atoms with E-state index in [4.69, 9.17) is 0 Å². The lowest BCUT2D eigenvalue weighted by atomic mass is 10.0. The second-order valence-corrected chi connectivity index (χ2v) is 4.84. The molecule has 0 aromatic heterocycles. The van der Waals surface area contributed by atoms with Gasteiger partial charge in [0, 0.05) is 6.54 Å². The Bertz CT molecular complexity index is 390. The van der Waals surface area contributed by atoms with Gasteiger partial charge in [0.25, 0.3) is 0 Å². The summed E-state index contributed by atoms with van der Waals surface area (Å²) in [6, 6.07) is 6.68. The van der Waals surface area contributed by atoms with E-state index in [1.165, 1.54) is 0 Å². The Labute approximate surface area is 108 Å². The second kappa shape index (κ2) is 7.01. The standard InChI is InChI=1S/C14H21NO3/c1-10(6-11(2)16)9-15-14(18)8-12-4-3-5-13(17)7-12/h3-5,7,10-11,16-17H,6,8-9H2,1-2H3,(H,15,18)/t10-,11+/m1/s1. The van der Waals surface area contributed by atoms with Crippen LogP contribution in [0.1, 0.15) is 25.8 Å². The number of amides is 1. The van der Waals surface area contributed by atoms with Gasteiger partial charge in [0.2, 0.25) is 5.91 Å². The van der Waals surface area contributed by atoms with E-state index < -0.39 is 0 Å². The summed E-state index contributed by atoms with van der Waals surface area (Å²) in [5.74, 6) is 0.346. The topological polar surface area (TPSA) is 69.6 Å². The lowest BCUT2D eigenvalue weighted by Gasteiger charge is -2.14. The third-order valence-electron chi connectivity index (χ3n) is 2.67. The number of carbonyl (C=O) groups excluding carboxylic acids is 1. The molecule has 1 amide bonds. The first kappa shape index (κ1) is 14.5. The first-order chi connectivity index (χ1) is 8.47. The Kier molecular flexibility index (Phi) is 5.65. The van der Waals surface area contributed by atoms with E-state index in [-0.39, 0.29) is 30.1 Å². The van der Waals surface area contributed by atoms with E-state index in [9.17, 15) is 15.0 Å². The van der Waals surface area contributed by atoms with Gasteiger partial charge in [-0.2, -0.15) is 0 Å². The fourth-order valence-electron chi connectivity index (χ4n) is 1.87. The molecule has 0 aliphatic rings. The van der Waals surface area contributed by atoms with Crippen LogP contribution in [0.5, 0.6) is 5.75 Å². The molecule has 0 fully saturated rings. The summed E-state index contributed by atoms with van der Waals surface area (Å²) >= 11 is 0. The molecule has 1 rings (SSSR count). The maximum atomic E-state index is 11.7. The van der Waals surface area contributed by atoms with Crippen LogP contribution in [0.15, 0.2) is 24.3 Å². The van der Waals surface area contributed by atoms with Crippen molar-refractivity contribution >= 4 is 5.91 Å². The van der Waals surface area contributed by atoms with Crippen molar-refractivity contribution in [3.05, 3.63) is 29.8 Å². The number of aromatic hydroxyl groups is 1. The third kappa shape index (κ3) is 5.68. The second-order valence-electron chi connectivity index (χ2n) is 4.84. The largest absolute Gasteiger partial charge is 0.508 e. The molecule has 0 bridgehead atoms. The molecule has 4 heteroatoms. The fraction of sp³-hybridized carbons (Fsp3) is 0.500. The highest BCUT2D eigenvalue weighted by Crippen LogP contribution is 2.11. The number of phenols is 1. The van der Waals surface area contributed by atoms with Gasteiger partial charge in [0.15, 0.2) is 0 Å². The van der Waals surface area contributed by atoms with Crippen molar-refractivity contribution in [1.29, 1.82) is 0 Å². The van der Waals surface area contributed by atoms with Crippen LogP contribution in [-0.2, 0) is 11.2 Å². The number of aliphatic hydroxyl groups excluding tert-OH is 1. The molecule has 0 saturated carbocycles. The number of rotatable bonds is 6. The van der Waals surface area contributed by atoms with E-state index in [0.29, 0.717) is 13.0 Å². The summed E-state index contributed by atoms with van der Waals surface area (Å²) in [6.45, 7) is 4.29. The maximum Gasteiger partial charge on any atom is 0.224 e. The number of phenolic OH excluding ortho intramolecular Hbond substituents is 1. The summed E-state index contributed by atoms with van der Waals surface area (Å²) in [5, 5.41) is 21.3. The van der Waals surface area contributed by atoms with E-state index in [2.05, 4.69) is 5.32 Å². The van der Waals surface area contributed by atoms with Gasteiger partial charge in [0.05, 0.1) is 12.5 Å². The molecular formula is C14H21NO3. The van der Waals surface area contributed by atoms with Crippen LogP contribution in [-0.4, -0.2) is 28.8 Å². The smallest absolute Gasteiger partial charge is 0.224 e. The third-order valence-corrected chi connectivity index (χ3v) is 2.67. The maximum absolute atomic E-state index is 11.7. The van der Waals surface area contributed by atoms with Crippen LogP contribution in [0.3, 0.4) is 0 Å². The van der Waals surface area contributed by atoms with Crippen LogP contribution < -0.4 is 5.32 Å². The van der Waals surface area contributed by atoms with Crippen molar-refractivity contribution in [3.8, 4) is 5.75 Å². The van der Waals surface area contributed by atoms with Gasteiger partial charge in [-0.25, -0.2) is 0 Å². The number of carbonyl (C=O) groups is 1. The van der Waals surface area contributed by atoms with Crippen LogP contribution in [0.2, 0.25) is 0 Å². The molecule has 1 aromatic rings. The minimum atomic E-state index is -0.344. The first-order valence-corrected chi connectivity index (χ1v) is 6.20. The van der Waals surface area contributed by atoms with E-state index in [0.717, 1.165) is 5.56 Å². The predicted octanol–water partition coefficient (Wildman–Crippen LogP) is 1.46. The van der Waals surface area contributed by atoms with E-state index in [1.807, 2.05) is 6.92 Å². The molecule has 1 aromatic carbocycles. The molecule has 4 nitrogen and oxygen atoms in total. The summed E-state index contributed by atoms with van der Waals surface area (Å²) in [7, 11) is 0. The van der Waals surface area contributed by atoms with Crippen molar-refractivity contribution in [2.75, 3.05) is 6.54 Å². The molecule has 2 atom stereocenters. The zero-order valence-corrected chi connectivity index (χ0v) is 10.9. The highest BCUT2D eigenvalue weighted by atomic mass is 16.3. The molecule has 0 heterocycles. The molecule has 100 valence electrons. The van der Waals surface area contributed by atoms with Crippen molar-refractivity contribution in [2.24, 2.45) is 5.92 Å². The van der Waals surface area contributed by atoms with Crippen molar-refractivity contribution in [1.82, 2.24) is 5.32 Å². The summed E-state index contributed by atoms with van der Waals surface area (Å²) in [4.78, 5) is 11.7. The average Bonchev–Trinajstić information content (AvgIpc) is 2.25. The number of hydrogen-bond donors (Lipinski definition) is 3. The van der Waals surface area contributed by atoms with Gasteiger partial charge in [-0.1, -0.05) is 19.1 Å². The number of hydrogen-bond acceptors (Lipinski definition) is 3. The van der Waals surface area contributed by atoms with Crippen LogP contribution in [0.4, 0.5) is 0 Å². The van der Waals surface area contributed by atoms with E-state index in [1.54, 1.807) is 31.2 Å². The molecule has 0 radical (unpaired) electrons. The molecular weight excluding hydrogens is 230 g/mol. The Morgan fingerprint density at radius 3 is 2.72 bits per heavy atom. The van der Waals surface area contributed by atoms with Gasteiger partial charge >= 0.3 is 0 Å². The van der Waals surface area contributed by atoms with Crippen molar-refractivity contribution in [2.45, 2.75) is 32.8 Å². The Morgan fingerprint density at radius 2 is 2.11 bits per heavy atom. The molecule has 3 N–H and O–H groups in total. The van der Waals surface area contributed by atoms with Gasteiger partial charge < -0.3 is 15.5 Å². The van der Waals surface area contributed by atoms with Crippen molar-refractivity contribution in [3.63, 3.8) is 0 Å². The number of aliphatic hydroxyl groups is 1. The summed E-state index contributed by atoms with van der Waals surface area (Å²) in [6.07, 6.45) is 0.588. The molecule has 0 aliphatic heterocycles. The first-order valence-electron chi connectivity index (χ1n) is 6.20. The quantitative estimate of drug-likeness (QED) is 0.717. The molecule has 0 spiro atoms. The highest BCUT2D eigenvalue weighted by molar-refractivity contribution is 5.78. The van der Waals surface area contributed by atoms with Crippen LogP contribution >= 0.6 is 0 Å². The lowest BCUT2D eigenvalue weighted by molar-refractivity contribution is -0.120. The predicted molar refractivity (Wildman–Crippen MR) is 70.3 cm³/mol. The summed E-state index contributed by atoms with van der Waals surface area (Å²) in [5.41, 5.74) is 0.788. The monoisotopic (exact) mass is 251 g/mol. The number of nitrogens with one attached hydrogen (secondary N) is 1. The van der Waals surface area contributed by atoms with Crippen LogP contribution in [0, 0.1) is 5.92 Å². The zero-order valence-electron chi connectivity index (χ0n) is 10.9. The Morgan fingerprint density at radius 1 is 1.39 bits per heavy atom. The minimum absolute atomic E-state index is 0.0713. The van der Waals surface area contributed by atoms with Gasteiger partial charge in [-0.3, -0.25) is 4.79 Å². The lowest BCUT2D eigenvalue weighted by Crippen LogP contribution is -2.30. The van der Waals surface area contributed by atoms with Crippen LogP contribution in [0.25, 0.3) is 0 Å². The minimum Gasteiger partial charge on any atom is -0.508 e. The number of benzene rings is 1. The Hall–Kier alpha value is -1.55. The molecule has 0 saturated heterocycles. The summed E-state index contributed by atoms with van der Waals surface area (Å²) < 4.78 is 0. The zero-order chi connectivity index (χ0) is 13.5. The van der Waals surface area contributed by atoms with Crippen molar-refractivity contribution < 1.29 is 15.0 Å². The van der Waals surface area contributed by atoms with Gasteiger partial charge in [0.1, 0.15) is 5.75 Å². The van der Waals surface area contributed by atoms with Gasteiger partial charge in [-0.15, -0.1) is 0 Å². The van der Waals surface area contributed by atoms with E-state index >= 15 is 0 Å². The fourth-order valence-corrected chi connectivity index (χ4v) is 1.87. The SMILES string of the molecule is C[C@@H](CNC(=O)Cc1cccc(O)c1)C[C@H](C)O. The normalized spacial score (nSPS) is 13.9. The highest BCUT2D eigenvalue weighted by Gasteiger charge is 2.09. The molecule has 0 unspecified atom stereocenters. The van der Waals surface area contributed by atoms with Gasteiger partial charge in [-0.05, 0) is 37.0 Å².